The van der Waals surface area contributed by atoms with Crippen LogP contribution in [0, 0.1) is 23.2 Å². The number of hydrogen-bond acceptors (Lipinski definition) is 11. The lowest BCUT2D eigenvalue weighted by atomic mass is 9.74. The molecular weight excluding hydrogens is 628 g/mol. The van der Waals surface area contributed by atoms with Gasteiger partial charge in [-0.25, -0.2) is 0 Å². The first kappa shape index (κ1) is 40.1. The molecule has 282 valence electrons. The molecule has 0 aromatic heterocycles. The van der Waals surface area contributed by atoms with Crippen molar-refractivity contribution in [2.24, 2.45) is 23.2 Å². The summed E-state index contributed by atoms with van der Waals surface area (Å²) in [7, 11) is 9.38. The number of carbonyl (C=O) groups is 3. The highest BCUT2D eigenvalue weighted by Gasteiger charge is 2.52. The maximum atomic E-state index is 14.4. The molecule has 2 bridgehead atoms. The van der Waals surface area contributed by atoms with E-state index < -0.39 is 41.4 Å². The van der Waals surface area contributed by atoms with Crippen LogP contribution in [0.3, 0.4) is 0 Å². The number of cyclic esters (lactones) is 1. The Morgan fingerprint density at radius 1 is 1.08 bits per heavy atom. The Hall–Kier alpha value is -1.67. The van der Waals surface area contributed by atoms with Gasteiger partial charge in [0.05, 0.1) is 24.4 Å². The van der Waals surface area contributed by atoms with Crippen molar-refractivity contribution in [3.63, 3.8) is 0 Å². The van der Waals surface area contributed by atoms with E-state index in [1.54, 1.807) is 27.9 Å². The summed E-state index contributed by atoms with van der Waals surface area (Å²) < 4.78 is 25.2. The van der Waals surface area contributed by atoms with Gasteiger partial charge in [-0.1, -0.05) is 13.8 Å². The van der Waals surface area contributed by atoms with E-state index in [0.717, 1.165) is 32.1 Å². The molecule has 2 unspecified atom stereocenters. The van der Waals surface area contributed by atoms with Gasteiger partial charge in [-0.3, -0.25) is 19.3 Å². The van der Waals surface area contributed by atoms with E-state index in [9.17, 15) is 19.5 Å². The number of carbonyl (C=O) groups excluding carboxylic acids is 3. The maximum absolute atomic E-state index is 14.4. The second kappa shape index (κ2) is 16.3. The Kier molecular flexibility index (Phi) is 13.4. The monoisotopic (exact) mass is 694 g/mol. The van der Waals surface area contributed by atoms with Gasteiger partial charge in [0, 0.05) is 43.7 Å². The van der Waals surface area contributed by atoms with Crippen molar-refractivity contribution in [1.82, 2.24) is 20.0 Å². The number of likely N-dealkylation sites (N-methyl/N-ethyl adjacent to an activating group) is 3. The number of hydrogen-bond donors (Lipinski definition) is 2. The number of nitrogens with one attached hydrogen (secondary N) is 1. The van der Waals surface area contributed by atoms with Crippen LogP contribution in [0.5, 0.6) is 0 Å². The fourth-order valence-electron chi connectivity index (χ4n) is 9.45. The molecule has 4 aliphatic heterocycles. The van der Waals surface area contributed by atoms with Gasteiger partial charge in [-0.2, -0.15) is 0 Å². The summed E-state index contributed by atoms with van der Waals surface area (Å²) in [5, 5.41) is 14.4. The minimum atomic E-state index is -1.45. The third-order valence-corrected chi connectivity index (χ3v) is 12.1. The summed E-state index contributed by atoms with van der Waals surface area (Å²) in [5.74, 6) is -1.16. The summed E-state index contributed by atoms with van der Waals surface area (Å²) in [6.45, 7) is 12.3. The van der Waals surface area contributed by atoms with Crippen LogP contribution in [0.25, 0.3) is 0 Å². The Morgan fingerprint density at radius 2 is 1.71 bits per heavy atom. The molecule has 4 aliphatic rings. The number of aliphatic hydroxyl groups excluding tert-OH is 1. The lowest BCUT2D eigenvalue weighted by molar-refractivity contribution is -0.295. The third kappa shape index (κ3) is 8.69. The van der Waals surface area contributed by atoms with E-state index in [1.165, 1.54) is 0 Å². The number of rotatable bonds is 7. The van der Waals surface area contributed by atoms with E-state index in [0.29, 0.717) is 25.9 Å². The third-order valence-electron chi connectivity index (χ3n) is 12.1. The lowest BCUT2D eigenvalue weighted by Gasteiger charge is -2.51. The number of nitrogens with zero attached hydrogens (tertiary/aromatic N) is 3. The van der Waals surface area contributed by atoms with Gasteiger partial charge in [0.25, 0.3) is 0 Å². The summed E-state index contributed by atoms with van der Waals surface area (Å²) >= 11 is 0. The van der Waals surface area contributed by atoms with Gasteiger partial charge in [0.2, 0.25) is 5.91 Å². The molecule has 4 saturated heterocycles. The topological polar surface area (TPSA) is 130 Å². The van der Waals surface area contributed by atoms with Crippen LogP contribution in [0.2, 0.25) is 0 Å². The number of esters is 1. The van der Waals surface area contributed by atoms with Crippen LogP contribution in [-0.2, 0) is 33.3 Å². The quantitative estimate of drug-likeness (QED) is 0.302. The summed E-state index contributed by atoms with van der Waals surface area (Å²) in [5.41, 5.74) is -2.41. The molecule has 49 heavy (non-hydrogen) atoms. The van der Waals surface area contributed by atoms with Gasteiger partial charge < -0.3 is 39.2 Å². The number of methoxy groups -OCH3 is 1. The predicted molar refractivity (Wildman–Crippen MR) is 187 cm³/mol. The molecule has 0 radical (unpaired) electrons. The predicted octanol–water partition coefficient (Wildman–Crippen LogP) is 2.70. The van der Waals surface area contributed by atoms with Gasteiger partial charge in [-0.05, 0) is 113 Å². The number of amides is 1. The first-order chi connectivity index (χ1) is 22.9. The van der Waals surface area contributed by atoms with Crippen LogP contribution in [0.4, 0.5) is 0 Å². The number of ether oxygens (including phenoxy) is 4. The van der Waals surface area contributed by atoms with Crippen molar-refractivity contribution in [2.75, 3.05) is 55.0 Å². The van der Waals surface area contributed by atoms with Crippen molar-refractivity contribution < 1.29 is 38.4 Å². The Balaban J connectivity index is 1.65. The highest BCUT2D eigenvalue weighted by Crippen LogP contribution is 2.42. The number of ketones is 1. The SMILES string of the molecule is CNCC(=O)N1[C@@H]2CCC[C@H]1CC(C1COC(=O)C(C)(C)C(=O)[C@H](C)[C@@H](O[C@@H]3O[C@H](C)C[C@H](N(C)C)[C@H]3O)[C@](C)(OC)C[C@@H](C)CN1C)C2. The second-order valence-corrected chi connectivity index (χ2v) is 16.6. The molecule has 12 heteroatoms. The maximum Gasteiger partial charge on any atom is 0.319 e. The fourth-order valence-corrected chi connectivity index (χ4v) is 9.45. The van der Waals surface area contributed by atoms with Crippen LogP contribution < -0.4 is 5.32 Å². The van der Waals surface area contributed by atoms with Crippen LogP contribution in [-0.4, -0.2) is 147 Å². The van der Waals surface area contributed by atoms with Crippen molar-refractivity contribution in [2.45, 2.75) is 141 Å². The number of Topliss-reactive ketones (excluding diaryl/α,β-unsaturated/α-hetero) is 1. The van der Waals surface area contributed by atoms with E-state index in [-0.39, 0.29) is 60.4 Å². The zero-order valence-corrected chi connectivity index (χ0v) is 32.1. The number of aliphatic hydroxyl groups is 1. The molecule has 12 nitrogen and oxygen atoms in total. The van der Waals surface area contributed by atoms with Crippen LogP contribution in [0.1, 0.15) is 86.5 Å². The second-order valence-electron chi connectivity index (χ2n) is 16.6. The van der Waals surface area contributed by atoms with Crippen molar-refractivity contribution >= 4 is 17.7 Å². The molecule has 4 rings (SSSR count). The molecule has 2 N–H and O–H groups in total. The first-order valence-electron chi connectivity index (χ1n) is 18.5. The Morgan fingerprint density at radius 3 is 2.29 bits per heavy atom. The summed E-state index contributed by atoms with van der Waals surface area (Å²) in [4.78, 5) is 47.7. The molecule has 0 aromatic carbocycles. The largest absolute Gasteiger partial charge is 0.463 e. The van der Waals surface area contributed by atoms with Crippen molar-refractivity contribution in [1.29, 1.82) is 0 Å². The van der Waals surface area contributed by atoms with E-state index in [4.69, 9.17) is 18.9 Å². The van der Waals surface area contributed by atoms with Gasteiger partial charge in [0.1, 0.15) is 18.1 Å². The molecule has 4 heterocycles. The van der Waals surface area contributed by atoms with Crippen LogP contribution in [0.15, 0.2) is 0 Å². The standard InChI is InChI=1S/C37H66N4O8/c1-22-18-37(6,46-11)33(49-34-31(43)28(39(8)9)15-23(2)48-34)24(3)32(44)36(4,5)35(45)47-21-29(40(10)20-22)25-16-26-13-12-14-27(17-25)41(26)30(42)19-38-7/h22-29,31,33-34,38,43H,12-21H2,1-11H3/t22-,23-,24+,25?,26-,27+,28+,29?,31-,33-,34+,37-/m1/s1. The molecule has 12 atom stereocenters. The van der Waals surface area contributed by atoms with E-state index >= 15 is 0 Å². The Bertz CT molecular complexity index is 1140. The molecule has 0 saturated carbocycles. The number of fused-ring (bicyclic) bond motifs is 2. The highest BCUT2D eigenvalue weighted by molar-refractivity contribution is 6.04. The molecule has 4 fully saturated rings. The number of piperidine rings is 2. The van der Waals surface area contributed by atoms with Gasteiger partial charge in [-0.15, -0.1) is 0 Å². The van der Waals surface area contributed by atoms with Gasteiger partial charge >= 0.3 is 5.97 Å². The molecule has 0 aromatic rings. The molecular formula is C37H66N4O8. The summed E-state index contributed by atoms with van der Waals surface area (Å²) in [6, 6.07) is 0.0821. The van der Waals surface area contributed by atoms with Crippen molar-refractivity contribution in [3.05, 3.63) is 0 Å². The van der Waals surface area contributed by atoms with E-state index in [1.807, 2.05) is 39.9 Å². The lowest BCUT2D eigenvalue weighted by Crippen LogP contribution is -2.59. The molecule has 1 amide bonds. The first-order valence-corrected chi connectivity index (χ1v) is 18.5. The zero-order chi connectivity index (χ0) is 36.4. The van der Waals surface area contributed by atoms with E-state index in [2.05, 4.69) is 29.1 Å². The van der Waals surface area contributed by atoms with Crippen LogP contribution >= 0.6 is 0 Å². The molecule has 0 spiro atoms. The average Bonchev–Trinajstić information content (AvgIpc) is 3.03. The fraction of sp³-hybridized carbons (Fsp3) is 0.919. The normalized spacial score (nSPS) is 41.4. The van der Waals surface area contributed by atoms with Crippen molar-refractivity contribution in [3.8, 4) is 0 Å². The Labute approximate surface area is 294 Å². The minimum absolute atomic E-state index is 0.0729. The molecule has 0 aliphatic carbocycles. The minimum Gasteiger partial charge on any atom is -0.463 e. The summed E-state index contributed by atoms with van der Waals surface area (Å²) in [6.07, 6.45) is 3.08. The highest BCUT2D eigenvalue weighted by atomic mass is 16.7. The zero-order valence-electron chi connectivity index (χ0n) is 32.1. The smallest absolute Gasteiger partial charge is 0.319 e. The van der Waals surface area contributed by atoms with Gasteiger partial charge in [0.15, 0.2) is 12.1 Å². The average molecular weight is 695 g/mol.